The third kappa shape index (κ3) is 5.20. The molecule has 176 valence electrons. The van der Waals surface area contributed by atoms with E-state index >= 15 is 0 Å². The van der Waals surface area contributed by atoms with E-state index in [1.807, 2.05) is 36.6 Å². The first kappa shape index (κ1) is 23.7. The van der Waals surface area contributed by atoms with Crippen LogP contribution in [0.25, 0.3) is 0 Å². The summed E-state index contributed by atoms with van der Waals surface area (Å²) in [4.78, 5) is 31.2. The topological polar surface area (TPSA) is 49.9 Å². The monoisotopic (exact) mass is 478 g/mol. The van der Waals surface area contributed by atoms with Crippen LogP contribution in [0, 0.1) is 12.7 Å². The molecule has 0 radical (unpaired) electrons. The minimum Gasteiger partial charge on any atom is -0.491 e. The summed E-state index contributed by atoms with van der Waals surface area (Å²) in [7, 11) is 0. The zero-order valence-electron chi connectivity index (χ0n) is 19.1. The Morgan fingerprint density at radius 2 is 2.06 bits per heavy atom. The van der Waals surface area contributed by atoms with Gasteiger partial charge in [0, 0.05) is 29.6 Å². The maximum Gasteiger partial charge on any atom is 0.254 e. The lowest BCUT2D eigenvalue weighted by atomic mass is 10.00. The Labute approximate surface area is 203 Å². The SMILES string of the molecule is C=CCN(CC(=O)N1CCc2sccc2C1COc1cccc(F)c1)C(=O)c1ccccc1C. The molecule has 1 aliphatic rings. The molecular weight excluding hydrogens is 451 g/mol. The largest absolute Gasteiger partial charge is 0.491 e. The fourth-order valence-corrected chi connectivity index (χ4v) is 5.15. The van der Waals surface area contributed by atoms with E-state index in [9.17, 15) is 14.0 Å². The molecule has 0 saturated heterocycles. The molecule has 1 aromatic heterocycles. The van der Waals surface area contributed by atoms with Crippen molar-refractivity contribution < 1.29 is 18.7 Å². The summed E-state index contributed by atoms with van der Waals surface area (Å²) in [5.41, 5.74) is 2.47. The van der Waals surface area contributed by atoms with E-state index < -0.39 is 0 Å². The van der Waals surface area contributed by atoms with Crippen LogP contribution in [0.3, 0.4) is 0 Å². The van der Waals surface area contributed by atoms with Crippen molar-refractivity contribution in [3.63, 3.8) is 0 Å². The summed E-state index contributed by atoms with van der Waals surface area (Å²) in [6, 6.07) is 15.0. The number of ether oxygens (including phenoxy) is 1. The Kier molecular flexibility index (Phi) is 7.43. The number of carbonyl (C=O) groups is 2. The number of fused-ring (bicyclic) bond motifs is 1. The highest BCUT2D eigenvalue weighted by atomic mass is 32.1. The Morgan fingerprint density at radius 1 is 1.24 bits per heavy atom. The van der Waals surface area contributed by atoms with Crippen molar-refractivity contribution >= 4 is 23.2 Å². The molecule has 7 heteroatoms. The van der Waals surface area contributed by atoms with Crippen molar-refractivity contribution in [2.24, 2.45) is 0 Å². The zero-order chi connectivity index (χ0) is 24.1. The molecule has 2 heterocycles. The second-order valence-electron chi connectivity index (χ2n) is 8.21. The van der Waals surface area contributed by atoms with Crippen LogP contribution in [0.15, 0.2) is 72.6 Å². The fourth-order valence-electron chi connectivity index (χ4n) is 4.22. The lowest BCUT2D eigenvalue weighted by molar-refractivity contribution is -0.135. The van der Waals surface area contributed by atoms with Crippen LogP contribution in [-0.2, 0) is 11.2 Å². The number of aryl methyl sites for hydroxylation is 1. The van der Waals surface area contributed by atoms with Gasteiger partial charge in [-0.15, -0.1) is 17.9 Å². The van der Waals surface area contributed by atoms with Gasteiger partial charge in [-0.3, -0.25) is 9.59 Å². The first-order valence-corrected chi connectivity index (χ1v) is 12.1. The van der Waals surface area contributed by atoms with Gasteiger partial charge in [-0.2, -0.15) is 0 Å². The molecule has 0 saturated carbocycles. The van der Waals surface area contributed by atoms with Crippen LogP contribution in [0.2, 0.25) is 0 Å². The van der Waals surface area contributed by atoms with Gasteiger partial charge >= 0.3 is 0 Å². The maximum atomic E-state index is 13.6. The Balaban J connectivity index is 1.53. The second kappa shape index (κ2) is 10.7. The van der Waals surface area contributed by atoms with Crippen molar-refractivity contribution in [1.82, 2.24) is 9.80 Å². The Morgan fingerprint density at radius 3 is 2.82 bits per heavy atom. The van der Waals surface area contributed by atoms with E-state index in [0.29, 0.717) is 17.9 Å². The number of hydrogen-bond acceptors (Lipinski definition) is 4. The van der Waals surface area contributed by atoms with Gasteiger partial charge in [-0.1, -0.05) is 30.3 Å². The smallest absolute Gasteiger partial charge is 0.254 e. The van der Waals surface area contributed by atoms with E-state index in [-0.39, 0.29) is 43.4 Å². The number of carbonyl (C=O) groups excluding carboxylic acids is 2. The molecule has 0 fully saturated rings. The fraction of sp³-hybridized carbons (Fsp3) is 0.259. The summed E-state index contributed by atoms with van der Waals surface area (Å²) >= 11 is 1.66. The van der Waals surface area contributed by atoms with Gasteiger partial charge in [-0.25, -0.2) is 4.39 Å². The van der Waals surface area contributed by atoms with E-state index in [4.69, 9.17) is 4.74 Å². The molecule has 2 amide bonds. The lowest BCUT2D eigenvalue weighted by Crippen LogP contribution is -2.48. The van der Waals surface area contributed by atoms with Gasteiger partial charge in [0.2, 0.25) is 5.91 Å². The molecule has 1 unspecified atom stereocenters. The molecule has 3 aromatic rings. The van der Waals surface area contributed by atoms with Gasteiger partial charge in [0.05, 0.1) is 6.04 Å². The van der Waals surface area contributed by atoms with Crippen molar-refractivity contribution in [2.75, 3.05) is 26.2 Å². The normalized spacial score (nSPS) is 14.9. The highest BCUT2D eigenvalue weighted by Crippen LogP contribution is 2.34. The second-order valence-corrected chi connectivity index (χ2v) is 9.21. The molecule has 34 heavy (non-hydrogen) atoms. The first-order valence-electron chi connectivity index (χ1n) is 11.2. The molecule has 0 aliphatic carbocycles. The van der Waals surface area contributed by atoms with Crippen LogP contribution in [-0.4, -0.2) is 47.9 Å². The average molecular weight is 479 g/mol. The van der Waals surface area contributed by atoms with Crippen LogP contribution < -0.4 is 4.74 Å². The molecule has 1 atom stereocenters. The number of hydrogen-bond donors (Lipinski definition) is 0. The number of rotatable bonds is 8. The van der Waals surface area contributed by atoms with Crippen molar-refractivity contribution in [2.45, 2.75) is 19.4 Å². The maximum absolute atomic E-state index is 13.6. The van der Waals surface area contributed by atoms with Gasteiger partial charge in [0.1, 0.15) is 24.7 Å². The zero-order valence-corrected chi connectivity index (χ0v) is 19.9. The first-order chi connectivity index (χ1) is 16.5. The molecule has 0 bridgehead atoms. The van der Waals surface area contributed by atoms with E-state index in [0.717, 1.165) is 17.5 Å². The molecule has 0 spiro atoms. The van der Waals surface area contributed by atoms with Crippen molar-refractivity contribution in [1.29, 1.82) is 0 Å². The summed E-state index contributed by atoms with van der Waals surface area (Å²) in [6.45, 7) is 6.57. The van der Waals surface area contributed by atoms with Crippen molar-refractivity contribution in [3.8, 4) is 5.75 Å². The summed E-state index contributed by atoms with van der Waals surface area (Å²) in [6.07, 6.45) is 2.38. The van der Waals surface area contributed by atoms with E-state index in [2.05, 4.69) is 6.58 Å². The summed E-state index contributed by atoms with van der Waals surface area (Å²) in [5.74, 6) is -0.321. The third-order valence-electron chi connectivity index (χ3n) is 5.96. The Bertz CT molecular complexity index is 1190. The number of thiophene rings is 1. The lowest BCUT2D eigenvalue weighted by Gasteiger charge is -2.37. The van der Waals surface area contributed by atoms with E-state index in [1.165, 1.54) is 21.9 Å². The van der Waals surface area contributed by atoms with Crippen LogP contribution >= 0.6 is 11.3 Å². The summed E-state index contributed by atoms with van der Waals surface area (Å²) in [5, 5.41) is 2.01. The number of halogens is 1. The molecule has 4 rings (SSSR count). The number of amides is 2. The minimum absolute atomic E-state index is 0.0604. The van der Waals surface area contributed by atoms with Crippen molar-refractivity contribution in [3.05, 3.63) is 100 Å². The molecule has 1 aliphatic heterocycles. The van der Waals surface area contributed by atoms with Gasteiger partial charge in [-0.05, 0) is 54.1 Å². The van der Waals surface area contributed by atoms with Gasteiger partial charge < -0.3 is 14.5 Å². The predicted molar refractivity (Wildman–Crippen MR) is 132 cm³/mol. The molecule has 2 aromatic carbocycles. The quantitative estimate of drug-likeness (QED) is 0.427. The highest BCUT2D eigenvalue weighted by Gasteiger charge is 2.33. The van der Waals surface area contributed by atoms with Crippen LogP contribution in [0.4, 0.5) is 4.39 Å². The van der Waals surface area contributed by atoms with Gasteiger partial charge in [0.15, 0.2) is 0 Å². The minimum atomic E-state index is -0.375. The van der Waals surface area contributed by atoms with Crippen LogP contribution in [0.5, 0.6) is 5.75 Å². The highest BCUT2D eigenvalue weighted by molar-refractivity contribution is 7.10. The number of nitrogens with zero attached hydrogens (tertiary/aromatic N) is 2. The summed E-state index contributed by atoms with van der Waals surface area (Å²) < 4.78 is 19.5. The molecular formula is C27H27FN2O3S. The average Bonchev–Trinajstić information content (AvgIpc) is 3.31. The third-order valence-corrected chi connectivity index (χ3v) is 6.95. The van der Waals surface area contributed by atoms with Crippen LogP contribution in [0.1, 0.15) is 32.4 Å². The Hall–Kier alpha value is -3.45. The molecule has 0 N–H and O–H groups in total. The predicted octanol–water partition coefficient (Wildman–Crippen LogP) is 5.03. The standard InChI is InChI=1S/C27H27FN2O3S/c1-3-13-29(27(32)22-10-5-4-7-19(22)2)17-26(31)30-14-11-25-23(12-15-34-25)24(30)18-33-21-9-6-8-20(28)16-21/h3-10,12,15-16,24H,1,11,13-14,17-18H2,2H3. The number of benzene rings is 2. The van der Waals surface area contributed by atoms with E-state index in [1.54, 1.807) is 40.5 Å². The van der Waals surface area contributed by atoms with Gasteiger partial charge in [0.25, 0.3) is 5.91 Å². The molecule has 5 nitrogen and oxygen atoms in total.